The van der Waals surface area contributed by atoms with Crippen molar-refractivity contribution in [3.63, 3.8) is 0 Å². The molecule has 4 N–H and O–H groups in total. The van der Waals surface area contributed by atoms with E-state index >= 15 is 0 Å². The van der Waals surface area contributed by atoms with E-state index in [0.29, 0.717) is 6.54 Å². The van der Waals surface area contributed by atoms with Crippen LogP contribution in [0.2, 0.25) is 0 Å². The number of hydrogen-bond donors (Lipinski definition) is 3. The smallest absolute Gasteiger partial charge is 0.239 e. The van der Waals surface area contributed by atoms with Crippen LogP contribution in [0.4, 0.5) is 0 Å². The summed E-state index contributed by atoms with van der Waals surface area (Å²) in [7, 11) is 1.59. The zero-order valence-corrected chi connectivity index (χ0v) is 13.9. The second-order valence-corrected chi connectivity index (χ2v) is 5.12. The Balaban J connectivity index is 0.00000441. The maximum Gasteiger partial charge on any atom is 0.239 e. The minimum absolute atomic E-state index is 0. The molecule has 0 saturated heterocycles. The summed E-state index contributed by atoms with van der Waals surface area (Å²) in [6.07, 6.45) is 0. The molecule has 124 valence electrons. The van der Waals surface area contributed by atoms with Gasteiger partial charge in [-0.15, -0.1) is 12.4 Å². The zero-order chi connectivity index (χ0) is 15.8. The molecule has 1 rings (SSSR count). The first-order valence-electron chi connectivity index (χ1n) is 6.87. The van der Waals surface area contributed by atoms with Gasteiger partial charge in [-0.05, 0) is 23.6 Å². The van der Waals surface area contributed by atoms with Crippen molar-refractivity contribution in [2.75, 3.05) is 13.7 Å². The SMILES string of the molecule is COc1cccc(CNC(=O)CNC(=O)[C@@H](N)C(C)C)c1.Cl. The number of methoxy groups -OCH3 is 1. The second kappa shape index (κ2) is 10.0. The number of ether oxygens (including phenoxy) is 1. The lowest BCUT2D eigenvalue weighted by Crippen LogP contribution is -2.47. The topological polar surface area (TPSA) is 93.5 Å². The van der Waals surface area contributed by atoms with Gasteiger partial charge in [0.25, 0.3) is 0 Å². The minimum atomic E-state index is -0.601. The van der Waals surface area contributed by atoms with E-state index in [1.54, 1.807) is 7.11 Å². The molecular weight excluding hydrogens is 306 g/mol. The molecule has 22 heavy (non-hydrogen) atoms. The highest BCUT2D eigenvalue weighted by molar-refractivity contribution is 5.87. The maximum absolute atomic E-state index is 11.7. The molecule has 2 amide bonds. The van der Waals surface area contributed by atoms with Crippen molar-refractivity contribution in [3.8, 4) is 5.75 Å². The Kier molecular flexibility index (Phi) is 9.21. The molecule has 6 nitrogen and oxygen atoms in total. The van der Waals surface area contributed by atoms with Crippen LogP contribution in [-0.4, -0.2) is 31.5 Å². The van der Waals surface area contributed by atoms with Crippen LogP contribution < -0.4 is 21.1 Å². The van der Waals surface area contributed by atoms with Gasteiger partial charge in [-0.2, -0.15) is 0 Å². The molecule has 0 aliphatic carbocycles. The van der Waals surface area contributed by atoms with Gasteiger partial charge in [0.2, 0.25) is 11.8 Å². The molecule has 0 aliphatic rings. The lowest BCUT2D eigenvalue weighted by Gasteiger charge is -2.15. The minimum Gasteiger partial charge on any atom is -0.497 e. The summed E-state index contributed by atoms with van der Waals surface area (Å²) < 4.78 is 5.11. The summed E-state index contributed by atoms with van der Waals surface area (Å²) in [5, 5.41) is 5.25. The van der Waals surface area contributed by atoms with Crippen LogP contribution in [0.25, 0.3) is 0 Å². The second-order valence-electron chi connectivity index (χ2n) is 5.12. The highest BCUT2D eigenvalue weighted by Gasteiger charge is 2.17. The summed E-state index contributed by atoms with van der Waals surface area (Å²) in [6, 6.07) is 6.81. The van der Waals surface area contributed by atoms with E-state index in [1.807, 2.05) is 38.1 Å². The Morgan fingerprint density at radius 1 is 1.27 bits per heavy atom. The number of benzene rings is 1. The van der Waals surface area contributed by atoms with Gasteiger partial charge < -0.3 is 21.1 Å². The van der Waals surface area contributed by atoms with Crippen LogP contribution in [0.5, 0.6) is 5.75 Å². The van der Waals surface area contributed by atoms with Gasteiger partial charge in [0.05, 0.1) is 19.7 Å². The number of halogens is 1. The molecule has 7 heteroatoms. The fourth-order valence-electron chi connectivity index (χ4n) is 1.63. The fraction of sp³-hybridized carbons (Fsp3) is 0.467. The molecule has 0 fully saturated rings. The number of hydrogen-bond acceptors (Lipinski definition) is 4. The molecule has 1 atom stereocenters. The average molecular weight is 330 g/mol. The van der Waals surface area contributed by atoms with Gasteiger partial charge in [0.15, 0.2) is 0 Å². The van der Waals surface area contributed by atoms with Crippen LogP contribution in [-0.2, 0) is 16.1 Å². The summed E-state index contributed by atoms with van der Waals surface area (Å²) in [4.78, 5) is 23.3. The third kappa shape index (κ3) is 6.78. The Hall–Kier alpha value is -1.79. The third-order valence-corrected chi connectivity index (χ3v) is 3.07. The van der Waals surface area contributed by atoms with E-state index in [-0.39, 0.29) is 36.7 Å². The van der Waals surface area contributed by atoms with Crippen molar-refractivity contribution >= 4 is 24.2 Å². The zero-order valence-electron chi connectivity index (χ0n) is 13.1. The van der Waals surface area contributed by atoms with Crippen LogP contribution in [0.3, 0.4) is 0 Å². The highest BCUT2D eigenvalue weighted by atomic mass is 35.5. The number of rotatable bonds is 7. The Morgan fingerprint density at radius 3 is 2.55 bits per heavy atom. The molecular formula is C15H24ClN3O3. The number of carbonyl (C=O) groups is 2. The normalized spacial score (nSPS) is 11.3. The molecule has 0 heterocycles. The van der Waals surface area contributed by atoms with Crippen molar-refractivity contribution in [2.45, 2.75) is 26.4 Å². The van der Waals surface area contributed by atoms with Crippen molar-refractivity contribution in [1.29, 1.82) is 0 Å². The highest BCUT2D eigenvalue weighted by Crippen LogP contribution is 2.11. The number of carbonyl (C=O) groups excluding carboxylic acids is 2. The van der Waals surface area contributed by atoms with E-state index in [9.17, 15) is 9.59 Å². The molecule has 1 aromatic rings. The predicted molar refractivity (Wildman–Crippen MR) is 87.9 cm³/mol. The maximum atomic E-state index is 11.7. The van der Waals surface area contributed by atoms with Crippen molar-refractivity contribution < 1.29 is 14.3 Å². The molecule has 1 aromatic carbocycles. The summed E-state index contributed by atoms with van der Waals surface area (Å²) >= 11 is 0. The summed E-state index contributed by atoms with van der Waals surface area (Å²) in [5.41, 5.74) is 6.61. The quantitative estimate of drug-likeness (QED) is 0.691. The predicted octanol–water partition coefficient (Wildman–Crippen LogP) is 0.833. The Bertz CT molecular complexity index is 495. The van der Waals surface area contributed by atoms with E-state index < -0.39 is 6.04 Å². The van der Waals surface area contributed by atoms with Crippen molar-refractivity contribution in [2.24, 2.45) is 11.7 Å². The molecule has 0 unspecified atom stereocenters. The number of nitrogens with one attached hydrogen (secondary N) is 2. The first-order chi connectivity index (χ1) is 9.93. The number of amides is 2. The lowest BCUT2D eigenvalue weighted by atomic mass is 10.1. The molecule has 0 spiro atoms. The van der Waals surface area contributed by atoms with Gasteiger partial charge >= 0.3 is 0 Å². The molecule has 0 aromatic heterocycles. The molecule has 0 aliphatic heterocycles. The fourth-order valence-corrected chi connectivity index (χ4v) is 1.63. The van der Waals surface area contributed by atoms with E-state index in [4.69, 9.17) is 10.5 Å². The monoisotopic (exact) mass is 329 g/mol. The molecule has 0 radical (unpaired) electrons. The van der Waals surface area contributed by atoms with E-state index in [1.165, 1.54) is 0 Å². The average Bonchev–Trinajstić information content (AvgIpc) is 2.49. The van der Waals surface area contributed by atoms with Crippen LogP contribution >= 0.6 is 12.4 Å². The van der Waals surface area contributed by atoms with Gasteiger partial charge in [-0.3, -0.25) is 9.59 Å². The largest absolute Gasteiger partial charge is 0.497 e. The van der Waals surface area contributed by atoms with Crippen LogP contribution in [0.1, 0.15) is 19.4 Å². The first-order valence-corrected chi connectivity index (χ1v) is 6.87. The summed E-state index contributed by atoms with van der Waals surface area (Å²) in [5.74, 6) is 0.187. The van der Waals surface area contributed by atoms with Gasteiger partial charge in [0.1, 0.15) is 5.75 Å². The standard InChI is InChI=1S/C15H23N3O3.ClH/c1-10(2)14(16)15(20)18-9-13(19)17-8-11-5-4-6-12(7-11)21-3;/h4-7,10,14H,8-9,16H2,1-3H3,(H,17,19)(H,18,20);1H/t14-;/m0./s1. The molecule has 0 saturated carbocycles. The Morgan fingerprint density at radius 2 is 1.95 bits per heavy atom. The van der Waals surface area contributed by atoms with Crippen molar-refractivity contribution in [1.82, 2.24) is 10.6 Å². The third-order valence-electron chi connectivity index (χ3n) is 3.07. The Labute approximate surface area is 137 Å². The van der Waals surface area contributed by atoms with Crippen LogP contribution in [0, 0.1) is 5.92 Å². The van der Waals surface area contributed by atoms with E-state index in [0.717, 1.165) is 11.3 Å². The van der Waals surface area contributed by atoms with Crippen molar-refractivity contribution in [3.05, 3.63) is 29.8 Å². The van der Waals surface area contributed by atoms with Crippen LogP contribution in [0.15, 0.2) is 24.3 Å². The van der Waals surface area contributed by atoms with Gasteiger partial charge in [-0.25, -0.2) is 0 Å². The lowest BCUT2D eigenvalue weighted by molar-refractivity contribution is -0.127. The first kappa shape index (κ1) is 20.2. The molecule has 0 bridgehead atoms. The van der Waals surface area contributed by atoms with E-state index in [2.05, 4.69) is 10.6 Å². The van der Waals surface area contributed by atoms with Gasteiger partial charge in [0, 0.05) is 6.54 Å². The summed E-state index contributed by atoms with van der Waals surface area (Å²) in [6.45, 7) is 4.01. The number of nitrogens with two attached hydrogens (primary N) is 1. The van der Waals surface area contributed by atoms with Gasteiger partial charge in [-0.1, -0.05) is 26.0 Å².